The third kappa shape index (κ3) is 3.42. The number of hydrogen-bond donors (Lipinski definition) is 0. The third-order valence-electron chi connectivity index (χ3n) is 1.44. The fraction of sp³-hybridized carbons (Fsp3) is 0.100. The average Bonchev–Trinajstić information content (AvgIpc) is 2.14. The smallest absolute Gasteiger partial charge is 0.0812 e. The standard InChI is InChI=1S/C10H13N3/c1-7(11-5)9(3)13-10(4)8(2)12-6/h1-3,5-6H2,4H3. The van der Waals surface area contributed by atoms with Crippen LogP contribution in [0.5, 0.6) is 0 Å². The summed E-state index contributed by atoms with van der Waals surface area (Å²) in [7, 11) is 0. The average molecular weight is 175 g/mol. The molecule has 0 saturated heterocycles. The van der Waals surface area contributed by atoms with Crippen molar-refractivity contribution in [2.75, 3.05) is 0 Å². The summed E-state index contributed by atoms with van der Waals surface area (Å²) < 4.78 is 0. The Morgan fingerprint density at radius 1 is 0.846 bits per heavy atom. The van der Waals surface area contributed by atoms with Crippen LogP contribution in [0.1, 0.15) is 6.92 Å². The second kappa shape index (κ2) is 4.98. The second-order valence-corrected chi connectivity index (χ2v) is 2.35. The van der Waals surface area contributed by atoms with E-state index in [-0.39, 0.29) is 0 Å². The summed E-state index contributed by atoms with van der Waals surface area (Å²) in [5.74, 6) is 0. The van der Waals surface area contributed by atoms with E-state index in [0.717, 1.165) is 0 Å². The van der Waals surface area contributed by atoms with Gasteiger partial charge in [0.25, 0.3) is 0 Å². The monoisotopic (exact) mass is 175 g/mol. The van der Waals surface area contributed by atoms with Gasteiger partial charge in [-0.25, -0.2) is 4.99 Å². The summed E-state index contributed by atoms with van der Waals surface area (Å²) in [5.41, 5.74) is 2.05. The SMILES string of the molecule is C=NC(=C)C(=C)N=C(C)C(=C)N=C. The highest BCUT2D eigenvalue weighted by Gasteiger charge is 1.98. The summed E-state index contributed by atoms with van der Waals surface area (Å²) in [5, 5.41) is 0. The fourth-order valence-corrected chi connectivity index (χ4v) is 0.537. The minimum Gasteiger partial charge on any atom is -0.263 e. The van der Waals surface area contributed by atoms with Crippen LogP contribution in [0, 0.1) is 0 Å². The van der Waals surface area contributed by atoms with Crippen LogP contribution in [0.2, 0.25) is 0 Å². The molecule has 13 heavy (non-hydrogen) atoms. The van der Waals surface area contributed by atoms with Gasteiger partial charge in [0.15, 0.2) is 0 Å². The molecular formula is C10H13N3. The molecule has 0 aliphatic carbocycles. The van der Waals surface area contributed by atoms with E-state index in [2.05, 4.69) is 48.1 Å². The van der Waals surface area contributed by atoms with Gasteiger partial charge in [0.1, 0.15) is 0 Å². The van der Waals surface area contributed by atoms with Gasteiger partial charge in [0.05, 0.1) is 22.8 Å². The first kappa shape index (κ1) is 11.2. The molecule has 0 atom stereocenters. The second-order valence-electron chi connectivity index (χ2n) is 2.35. The highest BCUT2D eigenvalue weighted by Crippen LogP contribution is 2.09. The molecule has 3 nitrogen and oxygen atoms in total. The predicted molar refractivity (Wildman–Crippen MR) is 59.6 cm³/mol. The van der Waals surface area contributed by atoms with Crippen molar-refractivity contribution in [1.29, 1.82) is 0 Å². The number of nitrogens with zero attached hydrogens (tertiary/aromatic N) is 3. The minimum absolute atomic E-state index is 0.441. The van der Waals surface area contributed by atoms with Gasteiger partial charge in [-0.15, -0.1) is 0 Å². The van der Waals surface area contributed by atoms with Crippen LogP contribution in [-0.4, -0.2) is 19.1 Å². The summed E-state index contributed by atoms with van der Waals surface area (Å²) >= 11 is 0. The minimum atomic E-state index is 0.441. The molecule has 3 heteroatoms. The molecule has 0 aliphatic heterocycles. The van der Waals surface area contributed by atoms with Crippen molar-refractivity contribution < 1.29 is 0 Å². The molecule has 0 amide bonds. The molecular weight excluding hydrogens is 162 g/mol. The van der Waals surface area contributed by atoms with Crippen LogP contribution in [0.25, 0.3) is 0 Å². The van der Waals surface area contributed by atoms with E-state index in [1.807, 2.05) is 0 Å². The lowest BCUT2D eigenvalue weighted by molar-refractivity contribution is 1.26. The van der Waals surface area contributed by atoms with Crippen molar-refractivity contribution in [2.24, 2.45) is 15.0 Å². The zero-order chi connectivity index (χ0) is 10.4. The Morgan fingerprint density at radius 3 is 1.69 bits per heavy atom. The van der Waals surface area contributed by atoms with Crippen LogP contribution in [0.3, 0.4) is 0 Å². The maximum atomic E-state index is 4.07. The Labute approximate surface area is 78.6 Å². The number of aliphatic imine (C=N–C) groups is 3. The van der Waals surface area contributed by atoms with Crippen molar-refractivity contribution in [3.63, 3.8) is 0 Å². The highest BCUT2D eigenvalue weighted by molar-refractivity contribution is 5.98. The molecule has 0 N–H and O–H groups in total. The number of rotatable bonds is 5. The van der Waals surface area contributed by atoms with Gasteiger partial charge in [-0.3, -0.25) is 9.98 Å². The zero-order valence-corrected chi connectivity index (χ0v) is 7.88. The topological polar surface area (TPSA) is 37.1 Å². The van der Waals surface area contributed by atoms with E-state index < -0.39 is 0 Å². The van der Waals surface area contributed by atoms with Crippen molar-refractivity contribution in [1.82, 2.24) is 0 Å². The van der Waals surface area contributed by atoms with Crippen LogP contribution in [0.4, 0.5) is 0 Å². The maximum absolute atomic E-state index is 4.07. The lowest BCUT2D eigenvalue weighted by atomic mass is 10.3. The van der Waals surface area contributed by atoms with Gasteiger partial charge in [-0.2, -0.15) is 0 Å². The predicted octanol–water partition coefficient (Wildman–Crippen LogP) is 2.39. The van der Waals surface area contributed by atoms with E-state index in [1.165, 1.54) is 0 Å². The molecule has 0 heterocycles. The van der Waals surface area contributed by atoms with Crippen molar-refractivity contribution >= 4 is 19.1 Å². The maximum Gasteiger partial charge on any atom is 0.0812 e. The highest BCUT2D eigenvalue weighted by atomic mass is 14.9. The van der Waals surface area contributed by atoms with Gasteiger partial charge >= 0.3 is 0 Å². The van der Waals surface area contributed by atoms with Gasteiger partial charge in [0.2, 0.25) is 0 Å². The van der Waals surface area contributed by atoms with E-state index in [4.69, 9.17) is 0 Å². The van der Waals surface area contributed by atoms with Gasteiger partial charge < -0.3 is 0 Å². The van der Waals surface area contributed by atoms with Gasteiger partial charge in [-0.1, -0.05) is 19.7 Å². The van der Waals surface area contributed by atoms with E-state index in [9.17, 15) is 0 Å². The molecule has 0 spiro atoms. The molecule has 0 rings (SSSR count). The lowest BCUT2D eigenvalue weighted by Gasteiger charge is -2.00. The summed E-state index contributed by atoms with van der Waals surface area (Å²) in [4.78, 5) is 11.3. The molecule has 0 aromatic carbocycles. The third-order valence-corrected chi connectivity index (χ3v) is 1.44. The van der Waals surface area contributed by atoms with Crippen LogP contribution in [-0.2, 0) is 0 Å². The van der Waals surface area contributed by atoms with Crippen LogP contribution < -0.4 is 0 Å². The van der Waals surface area contributed by atoms with E-state index in [1.54, 1.807) is 6.92 Å². The van der Waals surface area contributed by atoms with Crippen molar-refractivity contribution in [3.05, 3.63) is 36.8 Å². The van der Waals surface area contributed by atoms with E-state index in [0.29, 0.717) is 22.8 Å². The first-order valence-electron chi connectivity index (χ1n) is 3.59. The molecule has 0 aromatic heterocycles. The van der Waals surface area contributed by atoms with Crippen molar-refractivity contribution in [3.8, 4) is 0 Å². The van der Waals surface area contributed by atoms with Gasteiger partial charge in [-0.05, 0) is 20.4 Å². The zero-order valence-electron chi connectivity index (χ0n) is 7.88. The first-order valence-corrected chi connectivity index (χ1v) is 3.59. The summed E-state index contributed by atoms with van der Waals surface area (Å²) in [6.07, 6.45) is 0. The summed E-state index contributed by atoms with van der Waals surface area (Å²) in [6.45, 7) is 19.3. The molecule has 0 aliphatic rings. The Kier molecular flexibility index (Phi) is 4.30. The summed E-state index contributed by atoms with van der Waals surface area (Å²) in [6, 6.07) is 0. The quantitative estimate of drug-likeness (QED) is 0.454. The largest absolute Gasteiger partial charge is 0.263 e. The molecule has 0 saturated carbocycles. The molecule has 0 fully saturated rings. The molecule has 0 bridgehead atoms. The molecule has 0 aromatic rings. The van der Waals surface area contributed by atoms with Gasteiger partial charge in [0, 0.05) is 0 Å². The van der Waals surface area contributed by atoms with Crippen LogP contribution in [0.15, 0.2) is 51.8 Å². The Hall–Kier alpha value is -1.77. The number of hydrogen-bond acceptors (Lipinski definition) is 3. The molecule has 68 valence electrons. The lowest BCUT2D eigenvalue weighted by Crippen LogP contribution is -1.94. The first-order chi connectivity index (χ1) is 6.02. The van der Waals surface area contributed by atoms with Crippen molar-refractivity contribution in [2.45, 2.75) is 6.92 Å². The Morgan fingerprint density at radius 2 is 1.31 bits per heavy atom. The Balaban J connectivity index is 4.66. The molecule has 0 radical (unpaired) electrons. The fourth-order valence-electron chi connectivity index (χ4n) is 0.537. The normalized spacial score (nSPS) is 10.4. The Bertz CT molecular complexity index is 308. The van der Waals surface area contributed by atoms with E-state index >= 15 is 0 Å². The number of allylic oxidation sites excluding steroid dienone is 1. The van der Waals surface area contributed by atoms with Crippen LogP contribution >= 0.6 is 0 Å². The molecule has 0 unspecified atom stereocenters.